The van der Waals surface area contributed by atoms with Crippen LogP contribution in [0.15, 0.2) is 65.5 Å². The van der Waals surface area contributed by atoms with Gasteiger partial charge >= 0.3 is 0 Å². The zero-order valence-electron chi connectivity index (χ0n) is 13.3. The number of halogens is 1. The Labute approximate surface area is 148 Å². The number of methoxy groups -OCH3 is 1. The van der Waals surface area contributed by atoms with Crippen LogP contribution in [0.3, 0.4) is 0 Å². The van der Waals surface area contributed by atoms with E-state index in [0.29, 0.717) is 22.1 Å². The van der Waals surface area contributed by atoms with E-state index in [1.807, 2.05) is 6.07 Å². The van der Waals surface area contributed by atoms with Crippen LogP contribution in [0.5, 0.6) is 5.75 Å². The fourth-order valence-corrected chi connectivity index (χ4v) is 2.41. The molecule has 0 radical (unpaired) electrons. The third-order valence-electron chi connectivity index (χ3n) is 3.46. The normalized spacial score (nSPS) is 10.3. The molecule has 3 rings (SSSR count). The van der Waals surface area contributed by atoms with Crippen molar-refractivity contribution in [1.82, 2.24) is 9.78 Å². The van der Waals surface area contributed by atoms with E-state index in [0.717, 1.165) is 0 Å². The summed E-state index contributed by atoms with van der Waals surface area (Å²) in [6.07, 6.45) is 0. The lowest BCUT2D eigenvalue weighted by Gasteiger charge is -2.10. The molecule has 1 aromatic heterocycles. The van der Waals surface area contributed by atoms with Crippen LogP contribution in [0, 0.1) is 0 Å². The topological polar surface area (TPSA) is 73.2 Å². The van der Waals surface area contributed by atoms with Gasteiger partial charge in [-0.3, -0.25) is 9.59 Å². The van der Waals surface area contributed by atoms with E-state index in [2.05, 4.69) is 10.4 Å². The average molecular weight is 356 g/mol. The van der Waals surface area contributed by atoms with Gasteiger partial charge in [0, 0.05) is 12.1 Å². The van der Waals surface area contributed by atoms with Crippen LogP contribution in [0.2, 0.25) is 5.02 Å². The maximum atomic E-state index is 12.4. The van der Waals surface area contributed by atoms with Crippen LogP contribution < -0.4 is 15.6 Å². The van der Waals surface area contributed by atoms with Gasteiger partial charge in [-0.1, -0.05) is 29.8 Å². The third-order valence-corrected chi connectivity index (χ3v) is 3.77. The second-order valence-corrected chi connectivity index (χ2v) is 5.51. The van der Waals surface area contributed by atoms with Crippen molar-refractivity contribution in [2.45, 2.75) is 0 Å². The Bertz CT molecular complexity index is 971. The van der Waals surface area contributed by atoms with Gasteiger partial charge in [0.1, 0.15) is 11.4 Å². The Morgan fingerprint density at radius 2 is 1.88 bits per heavy atom. The van der Waals surface area contributed by atoms with Crippen molar-refractivity contribution in [2.24, 2.45) is 0 Å². The molecule has 0 fully saturated rings. The van der Waals surface area contributed by atoms with Crippen LogP contribution >= 0.6 is 11.6 Å². The molecule has 25 heavy (non-hydrogen) atoms. The summed E-state index contributed by atoms with van der Waals surface area (Å²) in [7, 11) is 1.53. The van der Waals surface area contributed by atoms with E-state index < -0.39 is 5.91 Å². The molecule has 0 aliphatic heterocycles. The maximum Gasteiger partial charge on any atom is 0.276 e. The molecule has 1 heterocycles. The van der Waals surface area contributed by atoms with Crippen LogP contribution in [-0.2, 0) is 0 Å². The Morgan fingerprint density at radius 1 is 1.12 bits per heavy atom. The van der Waals surface area contributed by atoms with Crippen LogP contribution in [0.25, 0.3) is 5.69 Å². The highest BCUT2D eigenvalue weighted by Gasteiger charge is 2.13. The molecular weight excluding hydrogens is 342 g/mol. The lowest BCUT2D eigenvalue weighted by molar-refractivity contribution is 0.102. The number of ether oxygens (including phenoxy) is 1. The highest BCUT2D eigenvalue weighted by molar-refractivity contribution is 6.34. The number of carbonyl (C=O) groups is 1. The average Bonchev–Trinajstić information content (AvgIpc) is 2.64. The quantitative estimate of drug-likeness (QED) is 0.780. The van der Waals surface area contributed by atoms with Crippen molar-refractivity contribution >= 4 is 23.2 Å². The first-order valence-electron chi connectivity index (χ1n) is 7.39. The van der Waals surface area contributed by atoms with Crippen LogP contribution in [-0.4, -0.2) is 22.8 Å². The molecule has 0 unspecified atom stereocenters. The second-order valence-electron chi connectivity index (χ2n) is 5.10. The first-order chi connectivity index (χ1) is 12.1. The van der Waals surface area contributed by atoms with E-state index in [-0.39, 0.29) is 11.3 Å². The van der Waals surface area contributed by atoms with Crippen molar-refractivity contribution in [3.63, 3.8) is 0 Å². The zero-order chi connectivity index (χ0) is 17.8. The third kappa shape index (κ3) is 3.70. The number of amides is 1. The number of benzene rings is 2. The molecule has 3 aromatic rings. The summed E-state index contributed by atoms with van der Waals surface area (Å²) in [6.45, 7) is 0. The Kier molecular flexibility index (Phi) is 4.81. The van der Waals surface area contributed by atoms with E-state index in [1.54, 1.807) is 42.5 Å². The molecule has 0 aliphatic carbocycles. The number of aromatic nitrogens is 2. The number of anilines is 1. The van der Waals surface area contributed by atoms with Crippen molar-refractivity contribution in [3.8, 4) is 11.4 Å². The van der Waals surface area contributed by atoms with Gasteiger partial charge in [-0.05, 0) is 30.3 Å². The monoisotopic (exact) mass is 355 g/mol. The number of hydrogen-bond acceptors (Lipinski definition) is 4. The fraction of sp³-hybridized carbons (Fsp3) is 0.0556. The number of nitrogens with one attached hydrogen (secondary N) is 1. The lowest BCUT2D eigenvalue weighted by atomic mass is 10.2. The molecule has 7 heteroatoms. The summed E-state index contributed by atoms with van der Waals surface area (Å²) < 4.78 is 6.24. The Morgan fingerprint density at radius 3 is 2.56 bits per heavy atom. The molecule has 0 aliphatic rings. The van der Waals surface area contributed by atoms with E-state index in [4.69, 9.17) is 16.3 Å². The first-order valence-corrected chi connectivity index (χ1v) is 7.77. The number of hydrogen-bond donors (Lipinski definition) is 1. The number of nitrogens with zero attached hydrogens (tertiary/aromatic N) is 2. The SMILES string of the molecule is COc1ccc(NC(=O)c2ccc(=O)n(-c3ccccc3)n2)c(Cl)c1. The van der Waals surface area contributed by atoms with Gasteiger partial charge in [0.15, 0.2) is 0 Å². The standard InChI is InChI=1S/C18H14ClN3O3/c1-25-13-7-8-15(14(19)11-13)20-18(24)16-9-10-17(23)22(21-16)12-5-3-2-4-6-12/h2-11H,1H3,(H,20,24). The van der Waals surface area contributed by atoms with Crippen molar-refractivity contribution < 1.29 is 9.53 Å². The van der Waals surface area contributed by atoms with Crippen LogP contribution in [0.1, 0.15) is 10.5 Å². The molecule has 0 saturated heterocycles. The summed E-state index contributed by atoms with van der Waals surface area (Å²) in [5.41, 5.74) is 0.761. The van der Waals surface area contributed by atoms with Gasteiger partial charge in [0.05, 0.1) is 23.5 Å². The summed E-state index contributed by atoms with van der Waals surface area (Å²) in [5, 5.41) is 7.14. The van der Waals surface area contributed by atoms with Gasteiger partial charge in [0.2, 0.25) is 0 Å². The molecule has 1 amide bonds. The minimum atomic E-state index is -0.475. The summed E-state index contributed by atoms with van der Waals surface area (Å²) >= 11 is 6.12. The molecule has 0 atom stereocenters. The number of rotatable bonds is 4. The largest absolute Gasteiger partial charge is 0.497 e. The van der Waals surface area contributed by atoms with Gasteiger partial charge in [-0.15, -0.1) is 0 Å². The maximum absolute atomic E-state index is 12.4. The summed E-state index contributed by atoms with van der Waals surface area (Å²) in [5.74, 6) is 0.107. The smallest absolute Gasteiger partial charge is 0.276 e. The predicted octanol–water partition coefficient (Wildman–Crippen LogP) is 3.15. The van der Waals surface area contributed by atoms with E-state index >= 15 is 0 Å². The van der Waals surface area contributed by atoms with E-state index in [1.165, 1.54) is 23.9 Å². The molecule has 0 saturated carbocycles. The summed E-state index contributed by atoms with van der Waals surface area (Å²) in [6, 6.07) is 16.4. The predicted molar refractivity (Wildman–Crippen MR) is 95.8 cm³/mol. The Hall–Kier alpha value is -3.12. The molecule has 6 nitrogen and oxygen atoms in total. The number of carbonyl (C=O) groups excluding carboxylic acids is 1. The minimum absolute atomic E-state index is 0.0929. The molecule has 0 spiro atoms. The van der Waals surface area contributed by atoms with Gasteiger partial charge in [-0.25, -0.2) is 0 Å². The fourth-order valence-electron chi connectivity index (χ4n) is 2.20. The molecule has 1 N–H and O–H groups in total. The number of para-hydroxylation sites is 1. The Balaban J connectivity index is 1.89. The highest BCUT2D eigenvalue weighted by atomic mass is 35.5. The first kappa shape index (κ1) is 16.7. The second kappa shape index (κ2) is 7.19. The molecule has 2 aromatic carbocycles. The van der Waals surface area contributed by atoms with Gasteiger partial charge in [0.25, 0.3) is 11.5 Å². The molecular formula is C18H14ClN3O3. The molecule has 126 valence electrons. The van der Waals surface area contributed by atoms with Gasteiger partial charge in [-0.2, -0.15) is 9.78 Å². The molecule has 0 bridgehead atoms. The zero-order valence-corrected chi connectivity index (χ0v) is 14.0. The van der Waals surface area contributed by atoms with Crippen molar-refractivity contribution in [3.05, 3.63) is 81.7 Å². The van der Waals surface area contributed by atoms with E-state index in [9.17, 15) is 9.59 Å². The van der Waals surface area contributed by atoms with Crippen molar-refractivity contribution in [1.29, 1.82) is 0 Å². The highest BCUT2D eigenvalue weighted by Crippen LogP contribution is 2.26. The minimum Gasteiger partial charge on any atom is -0.497 e. The van der Waals surface area contributed by atoms with Crippen molar-refractivity contribution in [2.75, 3.05) is 12.4 Å². The van der Waals surface area contributed by atoms with Gasteiger partial charge < -0.3 is 10.1 Å². The lowest BCUT2D eigenvalue weighted by Crippen LogP contribution is -2.24. The van der Waals surface area contributed by atoms with Crippen LogP contribution in [0.4, 0.5) is 5.69 Å². The summed E-state index contributed by atoms with van der Waals surface area (Å²) in [4.78, 5) is 24.4.